The minimum absolute atomic E-state index is 0.260. The van der Waals surface area contributed by atoms with Crippen LogP contribution in [0.5, 0.6) is 5.75 Å². The van der Waals surface area contributed by atoms with E-state index in [1.807, 2.05) is 58.0 Å². The van der Waals surface area contributed by atoms with E-state index >= 15 is 0 Å². The first-order chi connectivity index (χ1) is 16.9. The monoisotopic (exact) mass is 517 g/mol. The van der Waals surface area contributed by atoms with Crippen molar-refractivity contribution in [3.63, 3.8) is 0 Å². The first-order valence-electron chi connectivity index (χ1n) is 12.6. The zero-order valence-electron chi connectivity index (χ0n) is 22.3. The number of anilines is 1. The van der Waals surface area contributed by atoms with Gasteiger partial charge in [0, 0.05) is 18.2 Å². The van der Waals surface area contributed by atoms with Gasteiger partial charge in [-0.25, -0.2) is 9.78 Å². The van der Waals surface area contributed by atoms with Crippen LogP contribution in [0.3, 0.4) is 0 Å². The molecular formula is C28H40ClN3O4. The number of ether oxygens (including phenoxy) is 3. The van der Waals surface area contributed by atoms with Gasteiger partial charge in [-0.1, -0.05) is 52.3 Å². The van der Waals surface area contributed by atoms with Gasteiger partial charge in [-0.2, -0.15) is 0 Å². The Kier molecular flexibility index (Phi) is 9.12. The van der Waals surface area contributed by atoms with Crippen LogP contribution in [0.25, 0.3) is 11.1 Å². The van der Waals surface area contributed by atoms with Crippen LogP contribution in [0.1, 0.15) is 60.8 Å². The number of carbonyl (C=O) groups is 1. The van der Waals surface area contributed by atoms with Crippen LogP contribution in [0.4, 0.5) is 10.6 Å². The highest BCUT2D eigenvalue weighted by atomic mass is 35.5. The van der Waals surface area contributed by atoms with Crippen molar-refractivity contribution in [1.29, 1.82) is 0 Å². The Balaban J connectivity index is 1.85. The molecule has 0 bridgehead atoms. The summed E-state index contributed by atoms with van der Waals surface area (Å²) >= 11 is 6.73. The standard InChI is InChI=1S/C28H40ClN3O4/c1-18(2)16-28(6,36-26(30)33)25(27(3,4)5)35-23-10-9-19(14-22(23)29)20-11-12-31-24(15-20)32-21-8-7-13-34-17-21/h9-12,14-15,18,21,25H,7-8,13,16-17H2,1-6H3,(H2,30,33)(H,31,32). The molecule has 0 radical (unpaired) electrons. The van der Waals surface area contributed by atoms with Gasteiger partial charge in [0.05, 0.1) is 17.7 Å². The Bertz CT molecular complexity index is 1030. The van der Waals surface area contributed by atoms with Gasteiger partial charge in [0.2, 0.25) is 0 Å². The van der Waals surface area contributed by atoms with Gasteiger partial charge in [0.15, 0.2) is 0 Å². The summed E-state index contributed by atoms with van der Waals surface area (Å²) in [4.78, 5) is 16.3. The Hall–Kier alpha value is -2.51. The Labute approximate surface area is 220 Å². The van der Waals surface area contributed by atoms with Gasteiger partial charge < -0.3 is 25.3 Å². The number of hydrogen-bond acceptors (Lipinski definition) is 6. The molecule has 1 aliphatic rings. The molecule has 36 heavy (non-hydrogen) atoms. The van der Waals surface area contributed by atoms with Crippen LogP contribution in [0.15, 0.2) is 36.5 Å². The fraction of sp³-hybridized carbons (Fsp3) is 0.571. The number of primary amides is 1. The molecule has 3 atom stereocenters. The second-order valence-electron chi connectivity index (χ2n) is 11.3. The molecule has 0 spiro atoms. The van der Waals surface area contributed by atoms with Gasteiger partial charge in [-0.05, 0) is 67.5 Å². The van der Waals surface area contributed by atoms with Crippen LogP contribution in [-0.4, -0.2) is 42.0 Å². The van der Waals surface area contributed by atoms with E-state index in [0.717, 1.165) is 36.4 Å². The number of nitrogens with two attached hydrogens (primary N) is 1. The fourth-order valence-electron chi connectivity index (χ4n) is 5.12. The molecule has 0 saturated carbocycles. The number of pyridine rings is 1. The smallest absolute Gasteiger partial charge is 0.405 e. The third kappa shape index (κ3) is 7.50. The van der Waals surface area contributed by atoms with E-state index in [1.54, 1.807) is 6.20 Å². The maximum atomic E-state index is 11.8. The lowest BCUT2D eigenvalue weighted by Crippen LogP contribution is -2.54. The SMILES string of the molecule is CC(C)CC(C)(OC(N)=O)C(Oc1ccc(-c2ccnc(NC3CCCOC3)c2)cc1Cl)C(C)(C)C. The minimum Gasteiger partial charge on any atom is -0.484 e. The van der Waals surface area contributed by atoms with Gasteiger partial charge in [0.1, 0.15) is 23.3 Å². The lowest BCUT2D eigenvalue weighted by atomic mass is 9.75. The number of rotatable bonds is 9. The van der Waals surface area contributed by atoms with Crippen LogP contribution in [0.2, 0.25) is 5.02 Å². The molecule has 7 nitrogen and oxygen atoms in total. The number of benzene rings is 1. The van der Waals surface area contributed by atoms with Crippen molar-refractivity contribution in [3.05, 3.63) is 41.6 Å². The van der Waals surface area contributed by atoms with Crippen molar-refractivity contribution in [2.75, 3.05) is 18.5 Å². The maximum Gasteiger partial charge on any atom is 0.405 e. The number of hydrogen-bond donors (Lipinski definition) is 2. The molecule has 1 fully saturated rings. The second kappa shape index (κ2) is 11.7. The minimum atomic E-state index is -0.936. The van der Waals surface area contributed by atoms with Gasteiger partial charge >= 0.3 is 6.09 Å². The molecule has 1 amide bonds. The van der Waals surface area contributed by atoms with E-state index in [9.17, 15) is 4.79 Å². The summed E-state index contributed by atoms with van der Waals surface area (Å²) in [6.45, 7) is 13.7. The first-order valence-corrected chi connectivity index (χ1v) is 13.0. The molecule has 1 saturated heterocycles. The van der Waals surface area contributed by atoms with E-state index in [1.165, 1.54) is 0 Å². The van der Waals surface area contributed by atoms with Gasteiger partial charge in [-0.15, -0.1) is 0 Å². The van der Waals surface area contributed by atoms with E-state index < -0.39 is 17.8 Å². The Morgan fingerprint density at radius 2 is 1.94 bits per heavy atom. The lowest BCUT2D eigenvalue weighted by molar-refractivity contribution is -0.107. The summed E-state index contributed by atoms with van der Waals surface area (Å²) in [6.07, 6.45) is 3.18. The van der Waals surface area contributed by atoms with Gasteiger partial charge in [0.25, 0.3) is 0 Å². The zero-order chi connectivity index (χ0) is 26.5. The highest BCUT2D eigenvalue weighted by molar-refractivity contribution is 6.32. The molecule has 0 aliphatic carbocycles. The molecule has 3 N–H and O–H groups in total. The fourth-order valence-corrected chi connectivity index (χ4v) is 5.34. The van der Waals surface area contributed by atoms with Crippen molar-refractivity contribution < 1.29 is 19.0 Å². The Morgan fingerprint density at radius 1 is 1.22 bits per heavy atom. The topological polar surface area (TPSA) is 95.7 Å². The summed E-state index contributed by atoms with van der Waals surface area (Å²) in [7, 11) is 0. The molecule has 1 aliphatic heterocycles. The summed E-state index contributed by atoms with van der Waals surface area (Å²) in [5, 5.41) is 3.93. The summed E-state index contributed by atoms with van der Waals surface area (Å²) in [6, 6.07) is 9.94. The van der Waals surface area contributed by atoms with E-state index in [2.05, 4.69) is 24.1 Å². The summed E-state index contributed by atoms with van der Waals surface area (Å²) in [5.74, 6) is 1.59. The number of aromatic nitrogens is 1. The van der Waals surface area contributed by atoms with E-state index in [4.69, 9.17) is 31.5 Å². The normalized spacial score (nSPS) is 18.8. The highest BCUT2D eigenvalue weighted by Gasteiger charge is 2.47. The number of carbonyl (C=O) groups excluding carboxylic acids is 1. The van der Waals surface area contributed by atoms with Crippen LogP contribution in [-0.2, 0) is 9.47 Å². The molecule has 2 heterocycles. The quantitative estimate of drug-likeness (QED) is 0.385. The largest absolute Gasteiger partial charge is 0.484 e. The predicted molar refractivity (Wildman–Crippen MR) is 145 cm³/mol. The molecule has 8 heteroatoms. The van der Waals surface area contributed by atoms with Crippen LogP contribution >= 0.6 is 11.6 Å². The van der Waals surface area contributed by atoms with Crippen LogP contribution in [0, 0.1) is 11.3 Å². The number of amides is 1. The number of nitrogens with zero attached hydrogens (tertiary/aromatic N) is 1. The second-order valence-corrected chi connectivity index (χ2v) is 11.7. The third-order valence-corrected chi connectivity index (χ3v) is 6.57. The maximum absolute atomic E-state index is 11.8. The third-order valence-electron chi connectivity index (χ3n) is 6.27. The van der Waals surface area contributed by atoms with E-state index in [-0.39, 0.29) is 17.4 Å². The first kappa shape index (κ1) is 28.1. The molecule has 3 unspecified atom stereocenters. The van der Waals surface area contributed by atoms with E-state index in [0.29, 0.717) is 23.8 Å². The molecule has 1 aromatic heterocycles. The summed E-state index contributed by atoms with van der Waals surface area (Å²) < 4.78 is 17.7. The highest BCUT2D eigenvalue weighted by Crippen LogP contribution is 2.40. The molecular weight excluding hydrogens is 478 g/mol. The van der Waals surface area contributed by atoms with Crippen LogP contribution < -0.4 is 15.8 Å². The zero-order valence-corrected chi connectivity index (χ0v) is 23.0. The average molecular weight is 518 g/mol. The predicted octanol–water partition coefficient (Wildman–Crippen LogP) is 6.69. The molecule has 3 rings (SSSR count). The van der Waals surface area contributed by atoms with Crippen molar-refractivity contribution in [2.24, 2.45) is 17.1 Å². The van der Waals surface area contributed by atoms with Crippen molar-refractivity contribution in [2.45, 2.75) is 78.6 Å². The van der Waals surface area contributed by atoms with Gasteiger partial charge in [-0.3, -0.25) is 0 Å². The molecule has 2 aromatic rings. The van der Waals surface area contributed by atoms with Crippen molar-refractivity contribution in [3.8, 4) is 16.9 Å². The average Bonchev–Trinajstić information content (AvgIpc) is 2.77. The lowest BCUT2D eigenvalue weighted by Gasteiger charge is -2.44. The summed E-state index contributed by atoms with van der Waals surface area (Å²) in [5.41, 5.74) is 6.09. The molecule has 1 aromatic carbocycles. The number of halogens is 1. The number of nitrogens with one attached hydrogen (secondary N) is 1. The molecule has 198 valence electrons. The van der Waals surface area contributed by atoms with Crippen molar-refractivity contribution in [1.82, 2.24) is 4.98 Å². The Morgan fingerprint density at radius 3 is 2.53 bits per heavy atom. The van der Waals surface area contributed by atoms with Crippen molar-refractivity contribution >= 4 is 23.5 Å².